The van der Waals surface area contributed by atoms with Crippen molar-refractivity contribution in [3.63, 3.8) is 0 Å². The van der Waals surface area contributed by atoms with Gasteiger partial charge < -0.3 is 4.74 Å². The third-order valence-corrected chi connectivity index (χ3v) is 4.43. The molecule has 0 bridgehead atoms. The first kappa shape index (κ1) is 16.3. The fraction of sp³-hybridized carbons (Fsp3) is 0.133. The molecule has 2 rings (SSSR count). The van der Waals surface area contributed by atoms with Crippen LogP contribution in [0.15, 0.2) is 52.5 Å². The van der Waals surface area contributed by atoms with Gasteiger partial charge in [-0.15, -0.1) is 0 Å². The van der Waals surface area contributed by atoms with Gasteiger partial charge in [0.25, 0.3) is 10.0 Å². The number of benzene rings is 2. The summed E-state index contributed by atoms with van der Waals surface area (Å²) in [6.45, 7) is 1.88. The summed E-state index contributed by atoms with van der Waals surface area (Å²) in [5.74, 6) is 0.541. The van der Waals surface area contributed by atoms with Crippen molar-refractivity contribution >= 4 is 27.8 Å². The van der Waals surface area contributed by atoms with Crippen LogP contribution >= 0.6 is 11.6 Å². The Bertz CT molecular complexity index is 787. The zero-order valence-corrected chi connectivity index (χ0v) is 13.6. The van der Waals surface area contributed by atoms with E-state index in [0.29, 0.717) is 16.3 Å². The van der Waals surface area contributed by atoms with E-state index in [2.05, 4.69) is 9.93 Å². The lowest BCUT2D eigenvalue weighted by Gasteiger charge is -2.04. The highest BCUT2D eigenvalue weighted by Gasteiger charge is 2.11. The van der Waals surface area contributed by atoms with E-state index in [1.807, 2.05) is 6.92 Å². The Labute approximate surface area is 134 Å². The summed E-state index contributed by atoms with van der Waals surface area (Å²) in [5.41, 5.74) is 1.63. The molecule has 7 heteroatoms. The van der Waals surface area contributed by atoms with Gasteiger partial charge in [-0.1, -0.05) is 29.3 Å². The number of hydrogen-bond acceptors (Lipinski definition) is 4. The third kappa shape index (κ3) is 3.99. The Morgan fingerprint density at radius 1 is 1.18 bits per heavy atom. The normalized spacial score (nSPS) is 11.6. The van der Waals surface area contributed by atoms with Crippen LogP contribution in [0.1, 0.15) is 11.1 Å². The van der Waals surface area contributed by atoms with E-state index in [1.165, 1.54) is 25.5 Å². The Kier molecular flexibility index (Phi) is 5.05. The van der Waals surface area contributed by atoms with Crippen LogP contribution < -0.4 is 9.57 Å². The Morgan fingerprint density at radius 3 is 2.45 bits per heavy atom. The lowest BCUT2D eigenvalue weighted by molar-refractivity contribution is 0.415. The molecule has 0 saturated carbocycles. The van der Waals surface area contributed by atoms with Gasteiger partial charge in [0.2, 0.25) is 0 Å². The van der Waals surface area contributed by atoms with Crippen molar-refractivity contribution < 1.29 is 13.2 Å². The molecule has 0 radical (unpaired) electrons. The summed E-state index contributed by atoms with van der Waals surface area (Å²) < 4.78 is 29.1. The fourth-order valence-corrected chi connectivity index (χ4v) is 2.76. The van der Waals surface area contributed by atoms with Gasteiger partial charge in [0.15, 0.2) is 0 Å². The van der Waals surface area contributed by atoms with Crippen molar-refractivity contribution in [2.45, 2.75) is 11.8 Å². The molecule has 0 amide bonds. The van der Waals surface area contributed by atoms with Crippen molar-refractivity contribution in [3.8, 4) is 5.75 Å². The summed E-state index contributed by atoms with van der Waals surface area (Å²) in [7, 11) is -2.16. The molecular formula is C15H15ClN2O3S. The fourth-order valence-electron chi connectivity index (χ4n) is 1.70. The van der Waals surface area contributed by atoms with Crippen LogP contribution in [-0.4, -0.2) is 21.7 Å². The molecule has 0 atom stereocenters. The van der Waals surface area contributed by atoms with Gasteiger partial charge in [0, 0.05) is 0 Å². The maximum absolute atomic E-state index is 12.0. The number of nitrogens with zero attached hydrogens (tertiary/aromatic N) is 1. The molecular weight excluding hydrogens is 324 g/mol. The van der Waals surface area contributed by atoms with Gasteiger partial charge >= 0.3 is 0 Å². The van der Waals surface area contributed by atoms with Gasteiger partial charge in [-0.05, 0) is 42.8 Å². The molecule has 0 aliphatic heterocycles. The highest BCUT2D eigenvalue weighted by Crippen LogP contribution is 2.24. The molecule has 0 aliphatic rings. The monoisotopic (exact) mass is 338 g/mol. The quantitative estimate of drug-likeness (QED) is 0.673. The van der Waals surface area contributed by atoms with E-state index in [1.54, 1.807) is 30.3 Å². The molecule has 0 saturated heterocycles. The zero-order chi connectivity index (χ0) is 16.2. The molecule has 0 unspecified atom stereocenters. The van der Waals surface area contributed by atoms with Crippen LogP contribution in [-0.2, 0) is 10.0 Å². The predicted octanol–water partition coefficient (Wildman–Crippen LogP) is 2.97. The first-order valence-electron chi connectivity index (χ1n) is 6.37. The lowest BCUT2D eigenvalue weighted by atomic mass is 10.2. The van der Waals surface area contributed by atoms with Gasteiger partial charge in [-0.2, -0.15) is 13.5 Å². The van der Waals surface area contributed by atoms with Gasteiger partial charge in [-0.25, -0.2) is 4.83 Å². The minimum Gasteiger partial charge on any atom is -0.495 e. The molecule has 0 spiro atoms. The maximum Gasteiger partial charge on any atom is 0.276 e. The van der Waals surface area contributed by atoms with E-state index in [-0.39, 0.29) is 4.90 Å². The molecule has 5 nitrogen and oxygen atoms in total. The SMILES string of the molecule is COc1ccc(/C=N\NS(=O)(=O)c2ccc(C)cc2)cc1Cl. The van der Waals surface area contributed by atoms with Crippen LogP contribution in [0.4, 0.5) is 0 Å². The molecule has 22 heavy (non-hydrogen) atoms. The molecule has 2 aromatic rings. The molecule has 0 aliphatic carbocycles. The number of ether oxygens (including phenoxy) is 1. The van der Waals surface area contributed by atoms with E-state index in [0.717, 1.165) is 5.56 Å². The highest BCUT2D eigenvalue weighted by atomic mass is 35.5. The van der Waals surface area contributed by atoms with Gasteiger partial charge in [0.1, 0.15) is 5.75 Å². The van der Waals surface area contributed by atoms with Crippen LogP contribution in [0.5, 0.6) is 5.75 Å². The second-order valence-electron chi connectivity index (χ2n) is 4.56. The van der Waals surface area contributed by atoms with E-state index in [4.69, 9.17) is 16.3 Å². The maximum atomic E-state index is 12.0. The lowest BCUT2D eigenvalue weighted by Crippen LogP contribution is -2.18. The first-order chi connectivity index (χ1) is 10.4. The molecule has 1 N–H and O–H groups in total. The van der Waals surface area contributed by atoms with E-state index < -0.39 is 10.0 Å². The number of nitrogens with one attached hydrogen (secondary N) is 1. The first-order valence-corrected chi connectivity index (χ1v) is 8.23. The van der Waals surface area contributed by atoms with Crippen LogP contribution in [0, 0.1) is 6.92 Å². The Morgan fingerprint density at radius 2 is 1.86 bits per heavy atom. The molecule has 2 aromatic carbocycles. The van der Waals surface area contributed by atoms with Crippen molar-refractivity contribution in [1.29, 1.82) is 0 Å². The third-order valence-electron chi connectivity index (χ3n) is 2.89. The Hall–Kier alpha value is -2.05. The van der Waals surface area contributed by atoms with Crippen molar-refractivity contribution in [2.75, 3.05) is 7.11 Å². The van der Waals surface area contributed by atoms with Gasteiger partial charge in [0.05, 0.1) is 23.2 Å². The second-order valence-corrected chi connectivity index (χ2v) is 6.63. The largest absolute Gasteiger partial charge is 0.495 e. The summed E-state index contributed by atoms with van der Waals surface area (Å²) in [6, 6.07) is 11.5. The van der Waals surface area contributed by atoms with E-state index >= 15 is 0 Å². The summed E-state index contributed by atoms with van der Waals surface area (Å²) in [4.78, 5) is 2.31. The number of methoxy groups -OCH3 is 1. The van der Waals surface area contributed by atoms with Gasteiger partial charge in [-0.3, -0.25) is 0 Å². The summed E-state index contributed by atoms with van der Waals surface area (Å²) >= 11 is 5.98. The summed E-state index contributed by atoms with van der Waals surface area (Å²) in [6.07, 6.45) is 1.37. The number of sulfonamides is 1. The van der Waals surface area contributed by atoms with Crippen LogP contribution in [0.2, 0.25) is 5.02 Å². The number of hydrazone groups is 1. The van der Waals surface area contributed by atoms with Crippen LogP contribution in [0.25, 0.3) is 0 Å². The number of hydrogen-bond donors (Lipinski definition) is 1. The Balaban J connectivity index is 2.11. The molecule has 0 fully saturated rings. The average Bonchev–Trinajstić information content (AvgIpc) is 2.48. The molecule has 0 aromatic heterocycles. The molecule has 116 valence electrons. The average molecular weight is 339 g/mol. The number of rotatable bonds is 5. The minimum atomic E-state index is -3.68. The minimum absolute atomic E-state index is 0.156. The summed E-state index contributed by atoms with van der Waals surface area (Å²) in [5, 5.41) is 4.17. The topological polar surface area (TPSA) is 67.8 Å². The zero-order valence-electron chi connectivity index (χ0n) is 12.1. The number of aryl methyl sites for hydroxylation is 1. The van der Waals surface area contributed by atoms with Crippen LogP contribution in [0.3, 0.4) is 0 Å². The van der Waals surface area contributed by atoms with Crippen molar-refractivity contribution in [3.05, 3.63) is 58.6 Å². The number of halogens is 1. The standard InChI is InChI=1S/C15H15ClN2O3S/c1-11-3-6-13(7-4-11)22(19,20)18-17-10-12-5-8-15(21-2)14(16)9-12/h3-10,18H,1-2H3/b17-10-. The smallest absolute Gasteiger partial charge is 0.276 e. The highest BCUT2D eigenvalue weighted by molar-refractivity contribution is 7.89. The van der Waals surface area contributed by atoms with Crippen molar-refractivity contribution in [2.24, 2.45) is 5.10 Å². The van der Waals surface area contributed by atoms with Crippen molar-refractivity contribution in [1.82, 2.24) is 4.83 Å². The van der Waals surface area contributed by atoms with E-state index in [9.17, 15) is 8.42 Å². The molecule has 0 heterocycles. The predicted molar refractivity (Wildman–Crippen MR) is 87.1 cm³/mol. The second kappa shape index (κ2) is 6.81.